The number of nitrogens with one attached hydrogen (secondary N) is 2. The Balaban J connectivity index is 3.92. The Bertz CT molecular complexity index is 242. The van der Waals surface area contributed by atoms with E-state index < -0.39 is 5.97 Å². The van der Waals surface area contributed by atoms with Crippen LogP contribution in [0.25, 0.3) is 0 Å². The Hall–Kier alpha value is -1.26. The monoisotopic (exact) mass is 244 g/mol. The summed E-state index contributed by atoms with van der Waals surface area (Å²) in [6, 6.07) is -0.286. The van der Waals surface area contributed by atoms with Crippen LogP contribution < -0.4 is 10.6 Å². The summed E-state index contributed by atoms with van der Waals surface area (Å²) >= 11 is 0. The molecule has 0 saturated heterocycles. The lowest BCUT2D eigenvalue weighted by atomic mass is 9.80. The number of rotatable bonds is 8. The minimum Gasteiger partial charge on any atom is -0.481 e. The first-order chi connectivity index (χ1) is 7.99. The number of amides is 2. The summed E-state index contributed by atoms with van der Waals surface area (Å²) in [5, 5.41) is 13.8. The molecule has 0 aromatic carbocycles. The maximum absolute atomic E-state index is 11.4. The highest BCUT2D eigenvalue weighted by Crippen LogP contribution is 2.29. The molecule has 3 N–H and O–H groups in total. The molecule has 0 heterocycles. The molecule has 0 rings (SSSR count). The summed E-state index contributed by atoms with van der Waals surface area (Å²) < 4.78 is 0. The van der Waals surface area contributed by atoms with Gasteiger partial charge in [0.2, 0.25) is 0 Å². The van der Waals surface area contributed by atoms with Crippen molar-refractivity contribution in [3.05, 3.63) is 0 Å². The molecule has 5 nitrogen and oxygen atoms in total. The van der Waals surface area contributed by atoms with Crippen LogP contribution in [0.3, 0.4) is 0 Å². The minimum absolute atomic E-state index is 0.0477. The van der Waals surface area contributed by atoms with Crippen molar-refractivity contribution in [3.8, 4) is 0 Å². The zero-order chi connectivity index (χ0) is 13.3. The van der Waals surface area contributed by atoms with Gasteiger partial charge in [0.05, 0.1) is 6.42 Å². The van der Waals surface area contributed by atoms with E-state index in [1.807, 2.05) is 0 Å². The predicted octanol–water partition coefficient (Wildman–Crippen LogP) is 1.98. The van der Waals surface area contributed by atoms with Crippen LogP contribution in [0.4, 0.5) is 4.79 Å². The number of carboxylic acids is 1. The molecule has 0 aliphatic rings. The van der Waals surface area contributed by atoms with Crippen LogP contribution in [0.5, 0.6) is 0 Å². The van der Waals surface area contributed by atoms with Gasteiger partial charge in [-0.2, -0.15) is 0 Å². The van der Waals surface area contributed by atoms with Crippen molar-refractivity contribution in [1.82, 2.24) is 10.6 Å². The number of carboxylic acid groups (broad SMARTS) is 1. The first kappa shape index (κ1) is 15.7. The van der Waals surface area contributed by atoms with Gasteiger partial charge in [-0.05, 0) is 24.7 Å². The van der Waals surface area contributed by atoms with E-state index in [1.54, 1.807) is 0 Å². The Kier molecular flexibility index (Phi) is 7.34. The van der Waals surface area contributed by atoms with E-state index in [9.17, 15) is 9.59 Å². The summed E-state index contributed by atoms with van der Waals surface area (Å²) in [5.41, 5.74) is 0.157. The van der Waals surface area contributed by atoms with Crippen LogP contribution >= 0.6 is 0 Å². The molecule has 0 atom stereocenters. The molecule has 0 unspecified atom stereocenters. The molecule has 100 valence electrons. The van der Waals surface area contributed by atoms with Crippen molar-refractivity contribution in [3.63, 3.8) is 0 Å². The second-order valence-electron chi connectivity index (χ2n) is 4.31. The Morgan fingerprint density at radius 3 is 2.00 bits per heavy atom. The van der Waals surface area contributed by atoms with Crippen LogP contribution in [-0.4, -0.2) is 30.2 Å². The van der Waals surface area contributed by atoms with Gasteiger partial charge in [-0.3, -0.25) is 4.79 Å². The van der Waals surface area contributed by atoms with E-state index in [-0.39, 0.29) is 24.4 Å². The SMILES string of the molecule is CCC(CC)(CC)CNC(=O)NCCC(=O)O. The second kappa shape index (κ2) is 7.92. The average Bonchev–Trinajstić information content (AvgIpc) is 2.31. The first-order valence-electron chi connectivity index (χ1n) is 6.23. The van der Waals surface area contributed by atoms with Gasteiger partial charge < -0.3 is 15.7 Å². The average molecular weight is 244 g/mol. The van der Waals surface area contributed by atoms with E-state index >= 15 is 0 Å². The van der Waals surface area contributed by atoms with Gasteiger partial charge in [0.25, 0.3) is 0 Å². The Morgan fingerprint density at radius 2 is 1.59 bits per heavy atom. The highest BCUT2D eigenvalue weighted by molar-refractivity contribution is 5.75. The summed E-state index contributed by atoms with van der Waals surface area (Å²) in [4.78, 5) is 21.7. The zero-order valence-electron chi connectivity index (χ0n) is 11.0. The summed E-state index contributed by atoms with van der Waals surface area (Å²) in [6.07, 6.45) is 3.02. The molecule has 0 bridgehead atoms. The normalized spacial score (nSPS) is 11.0. The van der Waals surface area contributed by atoms with E-state index in [2.05, 4.69) is 31.4 Å². The largest absolute Gasteiger partial charge is 0.481 e. The predicted molar refractivity (Wildman–Crippen MR) is 67.0 cm³/mol. The molecule has 0 spiro atoms. The number of carbonyl (C=O) groups excluding carboxylic acids is 1. The summed E-state index contributed by atoms with van der Waals surface area (Å²) in [5.74, 6) is -0.907. The van der Waals surface area contributed by atoms with Gasteiger partial charge in [0, 0.05) is 13.1 Å². The molecule has 0 aromatic rings. The standard InChI is InChI=1S/C12H24N2O3/c1-4-12(5-2,6-3)9-14-11(17)13-8-7-10(15)16/h4-9H2,1-3H3,(H,15,16)(H2,13,14,17). The summed E-state index contributed by atoms with van der Waals surface area (Å²) in [6.45, 7) is 7.17. The molecule has 0 aliphatic carbocycles. The van der Waals surface area contributed by atoms with E-state index in [0.717, 1.165) is 19.3 Å². The van der Waals surface area contributed by atoms with Crippen molar-refractivity contribution in [2.45, 2.75) is 46.5 Å². The number of hydrogen-bond acceptors (Lipinski definition) is 2. The van der Waals surface area contributed by atoms with Crippen LogP contribution in [0, 0.1) is 5.41 Å². The molecule has 0 aliphatic heterocycles. The van der Waals surface area contributed by atoms with Crippen molar-refractivity contribution < 1.29 is 14.7 Å². The molecule has 0 radical (unpaired) electrons. The molecule has 5 heteroatoms. The molecule has 0 aromatic heterocycles. The minimum atomic E-state index is -0.907. The number of carbonyl (C=O) groups is 2. The van der Waals surface area contributed by atoms with Gasteiger partial charge in [-0.25, -0.2) is 4.79 Å². The fraction of sp³-hybridized carbons (Fsp3) is 0.833. The molecular formula is C12H24N2O3. The maximum Gasteiger partial charge on any atom is 0.314 e. The molecule has 0 saturated carbocycles. The van der Waals surface area contributed by atoms with Gasteiger partial charge in [-0.1, -0.05) is 20.8 Å². The third-order valence-electron chi connectivity index (χ3n) is 3.50. The number of aliphatic carboxylic acids is 1. The second-order valence-corrected chi connectivity index (χ2v) is 4.31. The maximum atomic E-state index is 11.4. The van der Waals surface area contributed by atoms with Crippen molar-refractivity contribution in [2.75, 3.05) is 13.1 Å². The first-order valence-corrected chi connectivity index (χ1v) is 6.23. The fourth-order valence-electron chi connectivity index (χ4n) is 1.74. The van der Waals surface area contributed by atoms with Gasteiger partial charge in [0.1, 0.15) is 0 Å². The van der Waals surface area contributed by atoms with Gasteiger partial charge in [0.15, 0.2) is 0 Å². The number of urea groups is 1. The van der Waals surface area contributed by atoms with Gasteiger partial charge in [-0.15, -0.1) is 0 Å². The van der Waals surface area contributed by atoms with Crippen molar-refractivity contribution >= 4 is 12.0 Å². The Labute approximate surface area is 103 Å². The Morgan fingerprint density at radius 1 is 1.06 bits per heavy atom. The molecule has 2 amide bonds. The van der Waals surface area contributed by atoms with E-state index in [0.29, 0.717) is 6.54 Å². The van der Waals surface area contributed by atoms with Crippen LogP contribution in [0.1, 0.15) is 46.5 Å². The zero-order valence-corrected chi connectivity index (χ0v) is 11.0. The molecular weight excluding hydrogens is 220 g/mol. The van der Waals surface area contributed by atoms with Crippen molar-refractivity contribution in [2.24, 2.45) is 5.41 Å². The van der Waals surface area contributed by atoms with Crippen LogP contribution in [-0.2, 0) is 4.79 Å². The lowest BCUT2D eigenvalue weighted by molar-refractivity contribution is -0.136. The van der Waals surface area contributed by atoms with E-state index in [1.165, 1.54) is 0 Å². The smallest absolute Gasteiger partial charge is 0.314 e. The fourth-order valence-corrected chi connectivity index (χ4v) is 1.74. The lowest BCUT2D eigenvalue weighted by Crippen LogP contribution is -2.42. The van der Waals surface area contributed by atoms with E-state index in [4.69, 9.17) is 5.11 Å². The quantitative estimate of drug-likeness (QED) is 0.611. The number of hydrogen-bond donors (Lipinski definition) is 3. The lowest BCUT2D eigenvalue weighted by Gasteiger charge is -2.30. The van der Waals surface area contributed by atoms with Crippen LogP contribution in [0.2, 0.25) is 0 Å². The van der Waals surface area contributed by atoms with Gasteiger partial charge >= 0.3 is 12.0 Å². The third kappa shape index (κ3) is 6.14. The van der Waals surface area contributed by atoms with Crippen molar-refractivity contribution in [1.29, 1.82) is 0 Å². The van der Waals surface area contributed by atoms with Crippen LogP contribution in [0.15, 0.2) is 0 Å². The molecule has 0 fully saturated rings. The topological polar surface area (TPSA) is 78.4 Å². The summed E-state index contributed by atoms with van der Waals surface area (Å²) in [7, 11) is 0. The molecule has 17 heavy (non-hydrogen) atoms. The highest BCUT2D eigenvalue weighted by atomic mass is 16.4. The highest BCUT2D eigenvalue weighted by Gasteiger charge is 2.24. The third-order valence-corrected chi connectivity index (χ3v) is 3.50.